The highest BCUT2D eigenvalue weighted by atomic mass is 19.1. The number of hydrogen-bond acceptors (Lipinski definition) is 3. The van der Waals surface area contributed by atoms with Crippen LogP contribution in [0.3, 0.4) is 0 Å². The molecule has 0 bridgehead atoms. The van der Waals surface area contributed by atoms with Crippen LogP contribution in [0, 0.1) is 23.4 Å². The Kier molecular flexibility index (Phi) is 4.37. The molecule has 7 heteroatoms. The highest BCUT2D eigenvalue weighted by molar-refractivity contribution is 5.69. The van der Waals surface area contributed by atoms with Crippen LogP contribution in [-0.4, -0.2) is 34.8 Å². The largest absolute Gasteiger partial charge is 0.444 e. The van der Waals surface area contributed by atoms with Crippen molar-refractivity contribution in [1.82, 2.24) is 4.90 Å². The van der Waals surface area contributed by atoms with Gasteiger partial charge in [0.25, 0.3) is 0 Å². The maximum Gasteiger partial charge on any atom is 0.410 e. The Morgan fingerprint density at radius 2 is 1.77 bits per heavy atom. The summed E-state index contributed by atoms with van der Waals surface area (Å²) in [6.07, 6.45) is -1.99. The van der Waals surface area contributed by atoms with Crippen LogP contribution in [0.2, 0.25) is 0 Å². The average molecular weight is 317 g/mol. The molecule has 1 fully saturated rings. The third kappa shape index (κ3) is 3.52. The van der Waals surface area contributed by atoms with E-state index in [2.05, 4.69) is 0 Å². The summed E-state index contributed by atoms with van der Waals surface area (Å²) in [5.41, 5.74) is -1.22. The number of amides is 1. The number of rotatable bonds is 2. The van der Waals surface area contributed by atoms with Crippen LogP contribution in [0.25, 0.3) is 0 Å². The number of aliphatic hydroxyl groups excluding tert-OH is 1. The summed E-state index contributed by atoms with van der Waals surface area (Å²) in [4.78, 5) is 13.1. The van der Waals surface area contributed by atoms with E-state index in [4.69, 9.17) is 4.74 Å². The fourth-order valence-corrected chi connectivity index (χ4v) is 2.26. The summed E-state index contributed by atoms with van der Waals surface area (Å²) in [6, 6.07) is 1.04. The second kappa shape index (κ2) is 5.79. The van der Waals surface area contributed by atoms with Crippen LogP contribution in [-0.2, 0) is 4.74 Å². The molecule has 1 aliphatic rings. The first kappa shape index (κ1) is 16.6. The van der Waals surface area contributed by atoms with Crippen LogP contribution >= 0.6 is 0 Å². The number of hydrogen-bond donors (Lipinski definition) is 1. The van der Waals surface area contributed by atoms with Gasteiger partial charge in [-0.2, -0.15) is 0 Å². The fraction of sp³-hybridized carbons (Fsp3) is 0.533. The quantitative estimate of drug-likeness (QED) is 0.912. The Balaban J connectivity index is 2.00. The molecule has 22 heavy (non-hydrogen) atoms. The van der Waals surface area contributed by atoms with Gasteiger partial charge in [0.1, 0.15) is 23.1 Å². The highest BCUT2D eigenvalue weighted by Crippen LogP contribution is 2.33. The standard InChI is InChI=1S/C15H18F3NO3/c1-15(2,3)22-14(21)19-6-8(7-19)13(20)12-10(17)4-9(16)5-11(12)18/h4-5,8,13,20H,6-7H2,1-3H3. The first-order valence-corrected chi connectivity index (χ1v) is 6.89. The van der Waals surface area contributed by atoms with Crippen LogP contribution in [0.15, 0.2) is 12.1 Å². The number of halogens is 3. The van der Waals surface area contributed by atoms with Crippen LogP contribution in [0.4, 0.5) is 18.0 Å². The van der Waals surface area contributed by atoms with Crippen LogP contribution in [0.1, 0.15) is 32.4 Å². The number of carbonyl (C=O) groups excluding carboxylic acids is 1. The van der Waals surface area contributed by atoms with Gasteiger partial charge < -0.3 is 14.7 Å². The van der Waals surface area contributed by atoms with Gasteiger partial charge in [-0.15, -0.1) is 0 Å². The van der Waals surface area contributed by atoms with E-state index >= 15 is 0 Å². The van der Waals surface area contributed by atoms with E-state index in [0.29, 0.717) is 12.1 Å². The molecule has 0 aromatic heterocycles. The van der Waals surface area contributed by atoms with Crippen molar-refractivity contribution >= 4 is 6.09 Å². The van der Waals surface area contributed by atoms with Crippen molar-refractivity contribution in [3.05, 3.63) is 35.1 Å². The molecule has 1 N–H and O–H groups in total. The van der Waals surface area contributed by atoms with Crippen LogP contribution < -0.4 is 0 Å². The molecule has 1 saturated heterocycles. The first-order chi connectivity index (χ1) is 10.1. The van der Waals surface area contributed by atoms with Gasteiger partial charge in [-0.05, 0) is 20.8 Å². The van der Waals surface area contributed by atoms with Crippen molar-refractivity contribution in [2.45, 2.75) is 32.5 Å². The van der Waals surface area contributed by atoms with E-state index in [9.17, 15) is 23.1 Å². The molecular weight excluding hydrogens is 299 g/mol. The lowest BCUT2D eigenvalue weighted by Crippen LogP contribution is -2.53. The van der Waals surface area contributed by atoms with E-state index in [1.54, 1.807) is 20.8 Å². The smallest absolute Gasteiger partial charge is 0.410 e. The van der Waals surface area contributed by atoms with Gasteiger partial charge >= 0.3 is 6.09 Å². The van der Waals surface area contributed by atoms with E-state index in [0.717, 1.165) is 0 Å². The monoisotopic (exact) mass is 317 g/mol. The van der Waals surface area contributed by atoms with Gasteiger partial charge in [-0.3, -0.25) is 0 Å². The number of likely N-dealkylation sites (tertiary alicyclic amines) is 1. The fourth-order valence-electron chi connectivity index (χ4n) is 2.26. The lowest BCUT2D eigenvalue weighted by atomic mass is 9.89. The van der Waals surface area contributed by atoms with Crippen molar-refractivity contribution in [2.75, 3.05) is 13.1 Å². The zero-order valence-electron chi connectivity index (χ0n) is 12.6. The summed E-state index contributed by atoms with van der Waals surface area (Å²) >= 11 is 0. The molecule has 1 atom stereocenters. The molecule has 0 radical (unpaired) electrons. The third-order valence-electron chi connectivity index (χ3n) is 3.35. The highest BCUT2D eigenvalue weighted by Gasteiger charge is 2.40. The zero-order valence-corrected chi connectivity index (χ0v) is 12.6. The maximum atomic E-state index is 13.6. The molecule has 1 heterocycles. The van der Waals surface area contributed by atoms with E-state index in [1.807, 2.05) is 0 Å². The van der Waals surface area contributed by atoms with Gasteiger partial charge in [0.15, 0.2) is 0 Å². The lowest BCUT2D eigenvalue weighted by molar-refractivity contribution is -0.0329. The Morgan fingerprint density at radius 1 is 1.27 bits per heavy atom. The SMILES string of the molecule is CC(C)(C)OC(=O)N1CC(C(O)c2c(F)cc(F)cc2F)C1. The number of carbonyl (C=O) groups is 1. The number of aliphatic hydroxyl groups is 1. The molecule has 122 valence electrons. The Morgan fingerprint density at radius 3 is 2.23 bits per heavy atom. The van der Waals surface area contributed by atoms with Crippen molar-refractivity contribution < 1.29 is 27.8 Å². The number of nitrogens with zero attached hydrogens (tertiary/aromatic N) is 1. The number of ether oxygens (including phenoxy) is 1. The normalized spacial score (nSPS) is 17.1. The summed E-state index contributed by atoms with van der Waals surface area (Å²) in [5.74, 6) is -3.85. The average Bonchev–Trinajstić information content (AvgIpc) is 2.21. The predicted molar refractivity (Wildman–Crippen MR) is 72.6 cm³/mol. The predicted octanol–water partition coefficient (Wildman–Crippen LogP) is 3.00. The maximum absolute atomic E-state index is 13.6. The zero-order chi connectivity index (χ0) is 16.7. The van der Waals surface area contributed by atoms with Gasteiger partial charge in [0.05, 0.1) is 11.7 Å². The third-order valence-corrected chi connectivity index (χ3v) is 3.35. The summed E-state index contributed by atoms with van der Waals surface area (Å²) in [6.45, 7) is 5.40. The Labute approximate surface area is 126 Å². The molecule has 0 saturated carbocycles. The minimum absolute atomic E-state index is 0.117. The molecule has 1 unspecified atom stereocenters. The summed E-state index contributed by atoms with van der Waals surface area (Å²) in [5, 5.41) is 10.0. The molecule has 1 aromatic rings. The van der Waals surface area contributed by atoms with E-state index in [-0.39, 0.29) is 13.1 Å². The van der Waals surface area contributed by atoms with Crippen molar-refractivity contribution in [2.24, 2.45) is 5.92 Å². The van der Waals surface area contributed by atoms with E-state index < -0.39 is 46.7 Å². The van der Waals surface area contributed by atoms with Crippen molar-refractivity contribution in [1.29, 1.82) is 0 Å². The molecule has 1 aromatic carbocycles. The molecule has 1 aliphatic heterocycles. The molecule has 0 spiro atoms. The van der Waals surface area contributed by atoms with Gasteiger partial charge in [-0.25, -0.2) is 18.0 Å². The van der Waals surface area contributed by atoms with Crippen LogP contribution in [0.5, 0.6) is 0 Å². The Bertz CT molecular complexity index is 557. The second-order valence-electron chi connectivity index (χ2n) is 6.37. The molecule has 4 nitrogen and oxygen atoms in total. The molecular formula is C15H18F3NO3. The van der Waals surface area contributed by atoms with E-state index in [1.165, 1.54) is 4.90 Å². The number of benzene rings is 1. The molecule has 0 aliphatic carbocycles. The summed E-state index contributed by atoms with van der Waals surface area (Å²) in [7, 11) is 0. The summed E-state index contributed by atoms with van der Waals surface area (Å²) < 4.78 is 45.2. The first-order valence-electron chi connectivity index (χ1n) is 6.89. The molecule has 1 amide bonds. The minimum atomic E-state index is -1.45. The lowest BCUT2D eigenvalue weighted by Gasteiger charge is -2.42. The van der Waals surface area contributed by atoms with Gasteiger partial charge in [-0.1, -0.05) is 0 Å². The minimum Gasteiger partial charge on any atom is -0.444 e. The van der Waals surface area contributed by atoms with Gasteiger partial charge in [0, 0.05) is 31.1 Å². The van der Waals surface area contributed by atoms with Gasteiger partial charge in [0.2, 0.25) is 0 Å². The Hall–Kier alpha value is -1.76. The topological polar surface area (TPSA) is 49.8 Å². The molecule has 2 rings (SSSR count). The van der Waals surface area contributed by atoms with Crippen molar-refractivity contribution in [3.8, 4) is 0 Å². The van der Waals surface area contributed by atoms with Crippen molar-refractivity contribution in [3.63, 3.8) is 0 Å². The second-order valence-corrected chi connectivity index (χ2v) is 6.37.